The summed E-state index contributed by atoms with van der Waals surface area (Å²) in [7, 11) is 0. The van der Waals surface area contributed by atoms with Gasteiger partial charge in [-0.3, -0.25) is 4.98 Å². The number of rotatable bonds is 1. The van der Waals surface area contributed by atoms with Crippen molar-refractivity contribution in [3.63, 3.8) is 0 Å². The van der Waals surface area contributed by atoms with E-state index in [0.29, 0.717) is 5.69 Å². The van der Waals surface area contributed by atoms with Gasteiger partial charge < -0.3 is 9.52 Å². The normalized spacial score (nSPS) is 13.6. The lowest BCUT2D eigenvalue weighted by atomic mass is 10.3. The average Bonchev–Trinajstić information content (AvgIpc) is 2.14. The van der Waals surface area contributed by atoms with Crippen molar-refractivity contribution in [1.29, 1.82) is 0 Å². The smallest absolute Gasteiger partial charge is 0.416 e. The fourth-order valence-corrected chi connectivity index (χ4v) is 0.497. The molecule has 1 aromatic rings. The number of nitrogens with one attached hydrogen (secondary N) is 1. The Bertz CT molecular complexity index is 234. The van der Waals surface area contributed by atoms with Crippen molar-refractivity contribution in [2.75, 3.05) is 0 Å². The Hall–Kier alpha value is -1.03. The summed E-state index contributed by atoms with van der Waals surface area (Å²) in [5, 5.41) is 8.81. The molecule has 0 saturated carbocycles. The standard InChI is InChI=1S/C5H7NO3/c1-3(7)4-2-9-5(8)6-4/h2-3,7H,1H3,(H,6,8). The van der Waals surface area contributed by atoms with E-state index in [2.05, 4.69) is 9.40 Å². The summed E-state index contributed by atoms with van der Waals surface area (Å²) < 4.78 is 4.35. The SMILES string of the molecule is CC(O)c1coc(=O)[nH]1. The molecular formula is C5H7NO3. The third-order valence-corrected chi connectivity index (χ3v) is 0.989. The number of aromatic amines is 1. The Morgan fingerprint density at radius 1 is 1.89 bits per heavy atom. The summed E-state index contributed by atoms with van der Waals surface area (Å²) in [5.41, 5.74) is 0.403. The molecule has 0 aromatic carbocycles. The van der Waals surface area contributed by atoms with Gasteiger partial charge >= 0.3 is 5.76 Å². The number of hydrogen-bond acceptors (Lipinski definition) is 3. The molecule has 9 heavy (non-hydrogen) atoms. The molecule has 0 aliphatic heterocycles. The van der Waals surface area contributed by atoms with Crippen LogP contribution in [0.4, 0.5) is 0 Å². The summed E-state index contributed by atoms with van der Waals surface area (Å²) in [5.74, 6) is -0.536. The molecule has 1 aromatic heterocycles. The van der Waals surface area contributed by atoms with E-state index in [-0.39, 0.29) is 0 Å². The van der Waals surface area contributed by atoms with Gasteiger partial charge in [-0.15, -0.1) is 0 Å². The maximum absolute atomic E-state index is 10.3. The average molecular weight is 129 g/mol. The molecule has 1 atom stereocenters. The van der Waals surface area contributed by atoms with Crippen LogP contribution < -0.4 is 5.76 Å². The zero-order valence-electron chi connectivity index (χ0n) is 4.92. The number of oxazole rings is 1. The van der Waals surface area contributed by atoms with Crippen LogP contribution in [0.15, 0.2) is 15.5 Å². The Morgan fingerprint density at radius 2 is 2.56 bits per heavy atom. The van der Waals surface area contributed by atoms with E-state index in [4.69, 9.17) is 5.11 Å². The predicted octanol–water partition coefficient (Wildman–Crippen LogP) is 0.0212. The number of hydrogen-bond donors (Lipinski definition) is 2. The second kappa shape index (κ2) is 2.06. The van der Waals surface area contributed by atoms with Crippen molar-refractivity contribution < 1.29 is 9.52 Å². The second-order valence-electron chi connectivity index (χ2n) is 1.78. The van der Waals surface area contributed by atoms with E-state index in [1.54, 1.807) is 6.92 Å². The van der Waals surface area contributed by atoms with Crippen LogP contribution >= 0.6 is 0 Å². The highest BCUT2D eigenvalue weighted by molar-refractivity contribution is 4.93. The highest BCUT2D eigenvalue weighted by Gasteiger charge is 2.02. The second-order valence-corrected chi connectivity index (χ2v) is 1.78. The first kappa shape index (κ1) is 6.10. The lowest BCUT2D eigenvalue weighted by molar-refractivity contribution is 0.194. The lowest BCUT2D eigenvalue weighted by Crippen LogP contribution is -1.99. The van der Waals surface area contributed by atoms with Crippen molar-refractivity contribution in [3.05, 3.63) is 22.5 Å². The summed E-state index contributed by atoms with van der Waals surface area (Å²) in [6.45, 7) is 1.54. The van der Waals surface area contributed by atoms with Gasteiger partial charge in [-0.2, -0.15) is 0 Å². The van der Waals surface area contributed by atoms with Gasteiger partial charge in [-0.1, -0.05) is 0 Å². The molecule has 0 bridgehead atoms. The van der Waals surface area contributed by atoms with Crippen LogP contribution in [0.5, 0.6) is 0 Å². The first-order chi connectivity index (χ1) is 4.20. The monoisotopic (exact) mass is 129 g/mol. The van der Waals surface area contributed by atoms with Gasteiger partial charge in [0.15, 0.2) is 0 Å². The van der Waals surface area contributed by atoms with Crippen molar-refractivity contribution >= 4 is 0 Å². The third-order valence-electron chi connectivity index (χ3n) is 0.989. The minimum atomic E-state index is -0.670. The van der Waals surface area contributed by atoms with Gasteiger partial charge in [0, 0.05) is 0 Å². The van der Waals surface area contributed by atoms with Gasteiger partial charge in [-0.05, 0) is 6.92 Å². The lowest BCUT2D eigenvalue weighted by Gasteiger charge is -1.93. The Balaban J connectivity index is 2.98. The Morgan fingerprint density at radius 3 is 2.78 bits per heavy atom. The first-order valence-corrected chi connectivity index (χ1v) is 2.56. The molecule has 0 aliphatic carbocycles. The predicted molar refractivity (Wildman–Crippen MR) is 30.0 cm³/mol. The molecule has 0 fully saturated rings. The molecule has 0 spiro atoms. The molecule has 4 heteroatoms. The van der Waals surface area contributed by atoms with E-state index < -0.39 is 11.9 Å². The zero-order chi connectivity index (χ0) is 6.85. The maximum Gasteiger partial charge on any atom is 0.416 e. The number of aliphatic hydroxyl groups is 1. The molecule has 1 heterocycles. The number of aliphatic hydroxyl groups excluding tert-OH is 1. The Labute approximate surface area is 51.1 Å². The number of H-pyrrole nitrogens is 1. The van der Waals surface area contributed by atoms with Gasteiger partial charge in [-0.25, -0.2) is 4.79 Å². The van der Waals surface area contributed by atoms with E-state index in [0.717, 1.165) is 0 Å². The highest BCUT2D eigenvalue weighted by Crippen LogP contribution is 2.03. The molecule has 0 radical (unpaired) electrons. The van der Waals surface area contributed by atoms with E-state index >= 15 is 0 Å². The minimum Gasteiger partial charge on any atom is -0.416 e. The molecule has 0 amide bonds. The van der Waals surface area contributed by atoms with E-state index in [9.17, 15) is 4.79 Å². The topological polar surface area (TPSA) is 66.2 Å². The van der Waals surface area contributed by atoms with Crippen molar-refractivity contribution in [1.82, 2.24) is 4.98 Å². The third kappa shape index (κ3) is 1.20. The fourth-order valence-electron chi connectivity index (χ4n) is 0.497. The summed E-state index contributed by atoms with van der Waals surface area (Å²) >= 11 is 0. The van der Waals surface area contributed by atoms with Gasteiger partial charge in [0.05, 0.1) is 11.8 Å². The van der Waals surface area contributed by atoms with E-state index in [1.165, 1.54) is 6.26 Å². The minimum absolute atomic E-state index is 0.403. The molecular weight excluding hydrogens is 122 g/mol. The molecule has 50 valence electrons. The van der Waals surface area contributed by atoms with Crippen LogP contribution in [0.1, 0.15) is 18.7 Å². The largest absolute Gasteiger partial charge is 0.416 e. The molecule has 1 rings (SSSR count). The van der Waals surface area contributed by atoms with Crippen LogP contribution in [-0.2, 0) is 0 Å². The van der Waals surface area contributed by atoms with Gasteiger partial charge in [0.2, 0.25) is 0 Å². The molecule has 4 nitrogen and oxygen atoms in total. The van der Waals surface area contributed by atoms with E-state index in [1.807, 2.05) is 0 Å². The van der Waals surface area contributed by atoms with Crippen LogP contribution in [0.3, 0.4) is 0 Å². The quantitative estimate of drug-likeness (QED) is 0.561. The summed E-state index contributed by atoms with van der Waals surface area (Å²) in [4.78, 5) is 12.6. The first-order valence-electron chi connectivity index (χ1n) is 2.56. The van der Waals surface area contributed by atoms with Crippen LogP contribution in [0, 0.1) is 0 Å². The van der Waals surface area contributed by atoms with Crippen molar-refractivity contribution in [2.24, 2.45) is 0 Å². The number of aromatic nitrogens is 1. The van der Waals surface area contributed by atoms with Crippen molar-refractivity contribution in [3.8, 4) is 0 Å². The highest BCUT2D eigenvalue weighted by atomic mass is 16.4. The maximum atomic E-state index is 10.3. The van der Waals surface area contributed by atoms with Gasteiger partial charge in [0.1, 0.15) is 6.26 Å². The van der Waals surface area contributed by atoms with Gasteiger partial charge in [0.25, 0.3) is 0 Å². The fraction of sp³-hybridized carbons (Fsp3) is 0.400. The molecule has 1 unspecified atom stereocenters. The Kier molecular flexibility index (Phi) is 1.40. The van der Waals surface area contributed by atoms with Crippen molar-refractivity contribution in [2.45, 2.75) is 13.0 Å². The van der Waals surface area contributed by atoms with Crippen LogP contribution in [0.25, 0.3) is 0 Å². The molecule has 0 saturated heterocycles. The van der Waals surface area contributed by atoms with Crippen LogP contribution in [-0.4, -0.2) is 10.1 Å². The molecule has 2 N–H and O–H groups in total. The summed E-state index contributed by atoms with van der Waals surface area (Å²) in [6, 6.07) is 0. The summed E-state index contributed by atoms with van der Waals surface area (Å²) in [6.07, 6.45) is 0.531. The molecule has 0 aliphatic rings. The zero-order valence-corrected chi connectivity index (χ0v) is 4.92. The van der Waals surface area contributed by atoms with Crippen LogP contribution in [0.2, 0.25) is 0 Å².